The Morgan fingerprint density at radius 3 is 2.57 bits per heavy atom. The van der Waals surface area contributed by atoms with Crippen LogP contribution in [0.1, 0.15) is 34.6 Å². The van der Waals surface area contributed by atoms with E-state index in [4.69, 9.17) is 4.74 Å². The Balaban J connectivity index is 0.000000791. The number of rotatable bonds is 1. The first kappa shape index (κ1) is 13.0. The highest BCUT2D eigenvalue weighted by molar-refractivity contribution is 5.92. The maximum Gasteiger partial charge on any atom is 0.288 e. The third-order valence-electron chi connectivity index (χ3n) is 2.09. The number of ether oxygens (including phenoxy) is 1. The second-order valence-corrected chi connectivity index (χ2v) is 2.90. The molecule has 0 spiro atoms. The lowest BCUT2D eigenvalue weighted by molar-refractivity contribution is -0.139. The van der Waals surface area contributed by atoms with E-state index >= 15 is 0 Å². The molecular formula is C11H21NO2. The summed E-state index contributed by atoms with van der Waals surface area (Å²) in [7, 11) is 0. The van der Waals surface area contributed by atoms with Crippen molar-refractivity contribution in [1.29, 1.82) is 0 Å². The monoisotopic (exact) mass is 199 g/mol. The number of amides is 1. The second kappa shape index (κ2) is 6.46. The molecule has 1 fully saturated rings. The van der Waals surface area contributed by atoms with Crippen molar-refractivity contribution >= 4 is 5.91 Å². The highest BCUT2D eigenvalue weighted by Gasteiger charge is 2.28. The fourth-order valence-corrected chi connectivity index (χ4v) is 1.37. The van der Waals surface area contributed by atoms with Gasteiger partial charge >= 0.3 is 0 Å². The number of hydrogen-bond acceptors (Lipinski definition) is 2. The van der Waals surface area contributed by atoms with Crippen molar-refractivity contribution in [1.82, 2.24) is 4.90 Å². The van der Waals surface area contributed by atoms with E-state index in [1.807, 2.05) is 39.5 Å². The first-order valence-corrected chi connectivity index (χ1v) is 5.30. The van der Waals surface area contributed by atoms with Crippen LogP contribution < -0.4 is 0 Å². The quantitative estimate of drug-likeness (QED) is 0.606. The molecular weight excluding hydrogens is 178 g/mol. The number of carbonyl (C=O) groups excluding carboxylic acids is 1. The van der Waals surface area contributed by atoms with Crippen LogP contribution in [0.3, 0.4) is 0 Å². The molecule has 1 heterocycles. The smallest absolute Gasteiger partial charge is 0.288 e. The third kappa shape index (κ3) is 2.76. The third-order valence-corrected chi connectivity index (χ3v) is 2.09. The van der Waals surface area contributed by atoms with Crippen LogP contribution in [-0.2, 0) is 9.53 Å². The lowest BCUT2D eigenvalue weighted by Crippen LogP contribution is -2.46. The zero-order valence-corrected chi connectivity index (χ0v) is 9.83. The van der Waals surface area contributed by atoms with Gasteiger partial charge in [0.15, 0.2) is 5.76 Å². The Labute approximate surface area is 86.7 Å². The summed E-state index contributed by atoms with van der Waals surface area (Å²) in [5, 5.41) is 0. The van der Waals surface area contributed by atoms with Gasteiger partial charge in [0.1, 0.15) is 6.61 Å². The van der Waals surface area contributed by atoms with Gasteiger partial charge in [-0.05, 0) is 26.8 Å². The van der Waals surface area contributed by atoms with Crippen LogP contribution in [0.25, 0.3) is 0 Å². The van der Waals surface area contributed by atoms with Gasteiger partial charge in [0.05, 0.1) is 6.04 Å². The zero-order valence-electron chi connectivity index (χ0n) is 9.83. The Morgan fingerprint density at radius 2 is 2.14 bits per heavy atom. The molecule has 0 aliphatic carbocycles. The molecule has 1 saturated heterocycles. The molecule has 1 rings (SSSR count). The fourth-order valence-electron chi connectivity index (χ4n) is 1.37. The van der Waals surface area contributed by atoms with E-state index in [0.29, 0.717) is 12.4 Å². The number of allylic oxidation sites excluding steroid dienone is 1. The summed E-state index contributed by atoms with van der Waals surface area (Å²) >= 11 is 0. The SMILES string of the molecule is C/C=C1\OCC(C)N(CC)C1=O.CC. The summed E-state index contributed by atoms with van der Waals surface area (Å²) in [6, 6.07) is 0.200. The minimum atomic E-state index is 0.0127. The number of morpholine rings is 1. The van der Waals surface area contributed by atoms with E-state index in [0.717, 1.165) is 6.54 Å². The van der Waals surface area contributed by atoms with Gasteiger partial charge in [0.25, 0.3) is 5.91 Å². The van der Waals surface area contributed by atoms with Crippen molar-refractivity contribution < 1.29 is 9.53 Å². The molecule has 1 aliphatic rings. The summed E-state index contributed by atoms with van der Waals surface area (Å²) in [6.45, 7) is 11.2. The average molecular weight is 199 g/mol. The van der Waals surface area contributed by atoms with Crippen molar-refractivity contribution in [3.05, 3.63) is 11.8 Å². The summed E-state index contributed by atoms with van der Waals surface area (Å²) in [4.78, 5) is 13.3. The van der Waals surface area contributed by atoms with Crippen molar-refractivity contribution in [3.63, 3.8) is 0 Å². The average Bonchev–Trinajstić information content (AvgIpc) is 2.22. The highest BCUT2D eigenvalue weighted by Crippen LogP contribution is 2.14. The van der Waals surface area contributed by atoms with Crippen LogP contribution in [0.4, 0.5) is 0 Å². The molecule has 14 heavy (non-hydrogen) atoms. The summed E-state index contributed by atoms with van der Waals surface area (Å²) < 4.78 is 5.25. The Bertz CT molecular complexity index is 211. The molecule has 1 atom stereocenters. The predicted octanol–water partition coefficient (Wildman–Crippen LogP) is 2.18. The lowest BCUT2D eigenvalue weighted by Gasteiger charge is -2.33. The number of likely N-dealkylation sites (N-methyl/N-ethyl adjacent to an activating group) is 1. The molecule has 0 aromatic rings. The van der Waals surface area contributed by atoms with Crippen LogP contribution in [-0.4, -0.2) is 30.0 Å². The van der Waals surface area contributed by atoms with Crippen LogP contribution >= 0.6 is 0 Å². The highest BCUT2D eigenvalue weighted by atomic mass is 16.5. The standard InChI is InChI=1S/C9H15NO2.C2H6/c1-4-8-9(11)10(5-2)7(3)6-12-8;1-2/h4,7H,5-6H2,1-3H3;1-2H3/b8-4-;. The molecule has 82 valence electrons. The Morgan fingerprint density at radius 1 is 1.57 bits per heavy atom. The van der Waals surface area contributed by atoms with Gasteiger partial charge in [-0.25, -0.2) is 0 Å². The van der Waals surface area contributed by atoms with E-state index in [2.05, 4.69) is 0 Å². The summed E-state index contributed by atoms with van der Waals surface area (Å²) in [6.07, 6.45) is 1.72. The predicted molar refractivity (Wildman–Crippen MR) is 57.9 cm³/mol. The van der Waals surface area contributed by atoms with Gasteiger partial charge in [0, 0.05) is 6.54 Å². The van der Waals surface area contributed by atoms with Gasteiger partial charge in [-0.1, -0.05) is 13.8 Å². The Kier molecular flexibility index (Phi) is 6.00. The van der Waals surface area contributed by atoms with Crippen LogP contribution in [0.15, 0.2) is 11.8 Å². The van der Waals surface area contributed by atoms with Crippen molar-refractivity contribution in [2.24, 2.45) is 0 Å². The van der Waals surface area contributed by atoms with E-state index in [9.17, 15) is 4.79 Å². The van der Waals surface area contributed by atoms with E-state index in [1.165, 1.54) is 0 Å². The first-order chi connectivity index (χ1) is 6.70. The molecule has 0 radical (unpaired) electrons. The van der Waals surface area contributed by atoms with Crippen molar-refractivity contribution in [3.8, 4) is 0 Å². The summed E-state index contributed by atoms with van der Waals surface area (Å²) in [5.74, 6) is 0.494. The molecule has 1 amide bonds. The molecule has 3 heteroatoms. The molecule has 0 aromatic carbocycles. The van der Waals surface area contributed by atoms with Gasteiger partial charge < -0.3 is 9.64 Å². The van der Waals surface area contributed by atoms with Crippen molar-refractivity contribution in [2.45, 2.75) is 40.7 Å². The second-order valence-electron chi connectivity index (χ2n) is 2.90. The molecule has 0 bridgehead atoms. The van der Waals surface area contributed by atoms with Gasteiger partial charge in [-0.15, -0.1) is 0 Å². The topological polar surface area (TPSA) is 29.5 Å². The molecule has 1 unspecified atom stereocenters. The first-order valence-electron chi connectivity index (χ1n) is 5.30. The van der Waals surface area contributed by atoms with Crippen LogP contribution in [0.2, 0.25) is 0 Å². The maximum absolute atomic E-state index is 11.5. The lowest BCUT2D eigenvalue weighted by atomic mass is 10.2. The van der Waals surface area contributed by atoms with Gasteiger partial charge in [0.2, 0.25) is 0 Å². The van der Waals surface area contributed by atoms with Crippen LogP contribution in [0, 0.1) is 0 Å². The summed E-state index contributed by atoms with van der Waals surface area (Å²) in [5.41, 5.74) is 0. The van der Waals surface area contributed by atoms with E-state index in [1.54, 1.807) is 6.08 Å². The minimum Gasteiger partial charge on any atom is -0.486 e. The van der Waals surface area contributed by atoms with Gasteiger partial charge in [-0.2, -0.15) is 0 Å². The number of nitrogens with zero attached hydrogens (tertiary/aromatic N) is 1. The normalized spacial score (nSPS) is 24.1. The molecule has 3 nitrogen and oxygen atoms in total. The van der Waals surface area contributed by atoms with E-state index < -0.39 is 0 Å². The molecule has 0 saturated carbocycles. The fraction of sp³-hybridized carbons (Fsp3) is 0.727. The van der Waals surface area contributed by atoms with E-state index in [-0.39, 0.29) is 11.9 Å². The molecule has 0 aromatic heterocycles. The largest absolute Gasteiger partial charge is 0.486 e. The van der Waals surface area contributed by atoms with Gasteiger partial charge in [-0.3, -0.25) is 4.79 Å². The minimum absolute atomic E-state index is 0.0127. The number of carbonyl (C=O) groups is 1. The van der Waals surface area contributed by atoms with Crippen LogP contribution in [0.5, 0.6) is 0 Å². The zero-order chi connectivity index (χ0) is 11.1. The Hall–Kier alpha value is -0.990. The molecule has 1 aliphatic heterocycles. The maximum atomic E-state index is 11.5. The number of hydrogen-bond donors (Lipinski definition) is 0. The molecule has 0 N–H and O–H groups in total. The van der Waals surface area contributed by atoms with Crippen molar-refractivity contribution in [2.75, 3.05) is 13.2 Å².